The van der Waals surface area contributed by atoms with Crippen molar-refractivity contribution >= 4 is 5.97 Å². The summed E-state index contributed by atoms with van der Waals surface area (Å²) in [6.45, 7) is 1.95. The highest BCUT2D eigenvalue weighted by Gasteiger charge is 2.55. The molecule has 1 aromatic heterocycles. The number of esters is 1. The van der Waals surface area contributed by atoms with Gasteiger partial charge in [-0.2, -0.15) is 0 Å². The van der Waals surface area contributed by atoms with Crippen molar-refractivity contribution in [3.8, 4) is 0 Å². The van der Waals surface area contributed by atoms with E-state index in [9.17, 15) is 4.79 Å². The molecule has 0 N–H and O–H groups in total. The molecular weight excluding hydrogens is 262 g/mol. The minimum Gasteiger partial charge on any atom is -0.457 e. The Bertz CT molecular complexity index is 504. The molecule has 0 saturated heterocycles. The molecule has 112 valence electrons. The van der Waals surface area contributed by atoms with Gasteiger partial charge in [-0.25, -0.2) is 0 Å². The van der Waals surface area contributed by atoms with Crippen LogP contribution >= 0.6 is 0 Å². The summed E-state index contributed by atoms with van der Waals surface area (Å²) >= 11 is 0. The van der Waals surface area contributed by atoms with E-state index in [2.05, 4.69) is 4.98 Å². The van der Waals surface area contributed by atoms with Gasteiger partial charge in [0.25, 0.3) is 0 Å². The fourth-order valence-electron chi connectivity index (χ4n) is 5.33. The number of carbonyl (C=O) groups excluding carboxylic acids is 1. The van der Waals surface area contributed by atoms with E-state index in [1.807, 2.05) is 19.1 Å². The van der Waals surface area contributed by atoms with E-state index < -0.39 is 0 Å². The lowest BCUT2D eigenvalue weighted by Gasteiger charge is -2.55. The van der Waals surface area contributed by atoms with Crippen LogP contribution in [0.4, 0.5) is 0 Å². The van der Waals surface area contributed by atoms with Gasteiger partial charge in [0.1, 0.15) is 6.10 Å². The van der Waals surface area contributed by atoms with Crippen molar-refractivity contribution in [3.63, 3.8) is 0 Å². The third-order valence-electron chi connectivity index (χ3n) is 5.91. The van der Waals surface area contributed by atoms with E-state index in [0.717, 1.165) is 42.6 Å². The Kier molecular flexibility index (Phi) is 3.05. The first-order valence-corrected chi connectivity index (χ1v) is 8.26. The summed E-state index contributed by atoms with van der Waals surface area (Å²) in [4.78, 5) is 17.0. The van der Waals surface area contributed by atoms with E-state index in [1.54, 1.807) is 12.4 Å². The van der Waals surface area contributed by atoms with Gasteiger partial charge in [-0.05, 0) is 69.3 Å². The highest BCUT2D eigenvalue weighted by Crippen LogP contribution is 2.60. The molecule has 21 heavy (non-hydrogen) atoms. The number of rotatable bonds is 3. The second-order valence-corrected chi connectivity index (χ2v) is 7.53. The van der Waals surface area contributed by atoms with Crippen LogP contribution in [0.25, 0.3) is 0 Å². The van der Waals surface area contributed by atoms with Crippen LogP contribution in [-0.4, -0.2) is 11.0 Å². The van der Waals surface area contributed by atoms with Crippen molar-refractivity contribution in [1.82, 2.24) is 4.98 Å². The monoisotopic (exact) mass is 285 g/mol. The molecule has 1 heterocycles. The predicted molar refractivity (Wildman–Crippen MR) is 79.3 cm³/mol. The fraction of sp³-hybridized carbons (Fsp3) is 0.667. The van der Waals surface area contributed by atoms with Gasteiger partial charge in [0.15, 0.2) is 0 Å². The van der Waals surface area contributed by atoms with Gasteiger partial charge in [0, 0.05) is 18.0 Å². The highest BCUT2D eigenvalue weighted by atomic mass is 16.5. The number of pyridine rings is 1. The van der Waals surface area contributed by atoms with Crippen molar-refractivity contribution in [1.29, 1.82) is 0 Å². The van der Waals surface area contributed by atoms with Crippen molar-refractivity contribution < 1.29 is 9.53 Å². The average Bonchev–Trinajstić information content (AvgIpc) is 2.46. The Labute approximate surface area is 126 Å². The van der Waals surface area contributed by atoms with Crippen LogP contribution in [0.5, 0.6) is 0 Å². The molecule has 1 unspecified atom stereocenters. The van der Waals surface area contributed by atoms with E-state index in [0.29, 0.717) is 0 Å². The Hall–Kier alpha value is -1.38. The quantitative estimate of drug-likeness (QED) is 0.791. The standard InChI is InChI=1S/C18H23NO2/c1-12(16-3-2-4-19-11-16)21-17(20)18-8-13-5-14(9-18)7-15(6-13)10-18/h2-4,11-15H,5-10H2,1H3. The molecule has 5 rings (SSSR count). The summed E-state index contributed by atoms with van der Waals surface area (Å²) in [7, 11) is 0. The summed E-state index contributed by atoms with van der Waals surface area (Å²) in [6, 6.07) is 3.87. The van der Waals surface area contributed by atoms with E-state index in [-0.39, 0.29) is 17.5 Å². The smallest absolute Gasteiger partial charge is 0.312 e. The van der Waals surface area contributed by atoms with Crippen molar-refractivity contribution in [2.45, 2.75) is 51.6 Å². The molecule has 0 radical (unpaired) electrons. The molecule has 0 aromatic carbocycles. The molecule has 1 atom stereocenters. The van der Waals surface area contributed by atoms with Gasteiger partial charge in [0.05, 0.1) is 5.41 Å². The van der Waals surface area contributed by atoms with Crippen LogP contribution in [0, 0.1) is 23.2 Å². The summed E-state index contributed by atoms with van der Waals surface area (Å²) < 4.78 is 5.84. The summed E-state index contributed by atoms with van der Waals surface area (Å²) in [5, 5.41) is 0. The lowest BCUT2D eigenvalue weighted by Crippen LogP contribution is -2.50. The molecule has 3 nitrogen and oxygen atoms in total. The van der Waals surface area contributed by atoms with Gasteiger partial charge in [-0.15, -0.1) is 0 Å². The molecule has 0 aliphatic heterocycles. The molecule has 4 saturated carbocycles. The Morgan fingerprint density at radius 1 is 1.24 bits per heavy atom. The number of hydrogen-bond donors (Lipinski definition) is 0. The molecule has 0 spiro atoms. The number of aromatic nitrogens is 1. The largest absolute Gasteiger partial charge is 0.457 e. The SMILES string of the molecule is CC(OC(=O)C12CC3CC(CC(C3)C1)C2)c1cccnc1. The molecule has 1 aromatic rings. The van der Waals surface area contributed by atoms with Crippen LogP contribution in [0.1, 0.15) is 57.1 Å². The minimum absolute atomic E-state index is 0.0537. The van der Waals surface area contributed by atoms with Crippen LogP contribution in [0.15, 0.2) is 24.5 Å². The fourth-order valence-corrected chi connectivity index (χ4v) is 5.33. The zero-order chi connectivity index (χ0) is 14.4. The van der Waals surface area contributed by atoms with Crippen LogP contribution in [0.2, 0.25) is 0 Å². The number of ether oxygens (including phenoxy) is 1. The average molecular weight is 285 g/mol. The van der Waals surface area contributed by atoms with Gasteiger partial charge in [0.2, 0.25) is 0 Å². The predicted octanol–water partition coefficient (Wildman–Crippen LogP) is 3.90. The third-order valence-corrected chi connectivity index (χ3v) is 5.91. The van der Waals surface area contributed by atoms with Crippen molar-refractivity contribution in [2.24, 2.45) is 23.2 Å². The first-order chi connectivity index (χ1) is 10.1. The second-order valence-electron chi connectivity index (χ2n) is 7.53. The normalized spacial score (nSPS) is 38.2. The Morgan fingerprint density at radius 2 is 1.86 bits per heavy atom. The van der Waals surface area contributed by atoms with E-state index in [4.69, 9.17) is 4.74 Å². The Morgan fingerprint density at radius 3 is 2.38 bits per heavy atom. The minimum atomic E-state index is -0.195. The van der Waals surface area contributed by atoms with Crippen LogP contribution in [0.3, 0.4) is 0 Å². The summed E-state index contributed by atoms with van der Waals surface area (Å²) in [5.41, 5.74) is 0.821. The van der Waals surface area contributed by atoms with Crippen molar-refractivity contribution in [3.05, 3.63) is 30.1 Å². The zero-order valence-electron chi connectivity index (χ0n) is 12.6. The molecule has 4 bridgehead atoms. The molecular formula is C18H23NO2. The first-order valence-electron chi connectivity index (χ1n) is 8.26. The topological polar surface area (TPSA) is 39.2 Å². The number of carbonyl (C=O) groups is 1. The molecule has 3 heteroatoms. The number of hydrogen-bond acceptors (Lipinski definition) is 3. The lowest BCUT2D eigenvalue weighted by atomic mass is 9.49. The third kappa shape index (κ3) is 2.27. The first kappa shape index (κ1) is 13.3. The summed E-state index contributed by atoms with van der Waals surface area (Å²) in [6.07, 6.45) is 10.6. The highest BCUT2D eigenvalue weighted by molar-refractivity contribution is 5.77. The lowest BCUT2D eigenvalue weighted by molar-refractivity contribution is -0.176. The molecule has 4 aliphatic carbocycles. The van der Waals surface area contributed by atoms with E-state index in [1.165, 1.54) is 19.3 Å². The van der Waals surface area contributed by atoms with Gasteiger partial charge < -0.3 is 4.74 Å². The zero-order valence-corrected chi connectivity index (χ0v) is 12.6. The molecule has 4 aliphatic rings. The Balaban J connectivity index is 1.50. The second kappa shape index (κ2) is 4.82. The van der Waals surface area contributed by atoms with Crippen LogP contribution in [-0.2, 0) is 9.53 Å². The molecule has 4 fully saturated rings. The van der Waals surface area contributed by atoms with Gasteiger partial charge in [-0.1, -0.05) is 6.07 Å². The van der Waals surface area contributed by atoms with E-state index >= 15 is 0 Å². The van der Waals surface area contributed by atoms with Gasteiger partial charge in [-0.3, -0.25) is 9.78 Å². The molecule has 0 amide bonds. The summed E-state index contributed by atoms with van der Waals surface area (Å²) in [5.74, 6) is 2.38. The van der Waals surface area contributed by atoms with Crippen LogP contribution < -0.4 is 0 Å². The van der Waals surface area contributed by atoms with Crippen molar-refractivity contribution in [2.75, 3.05) is 0 Å². The number of nitrogens with zero attached hydrogens (tertiary/aromatic N) is 1. The maximum Gasteiger partial charge on any atom is 0.312 e. The maximum absolute atomic E-state index is 12.8. The van der Waals surface area contributed by atoms with Gasteiger partial charge >= 0.3 is 5.97 Å². The maximum atomic E-state index is 12.8.